The highest BCUT2D eigenvalue weighted by Gasteiger charge is 2.08. The van der Waals surface area contributed by atoms with Gasteiger partial charge in [-0.3, -0.25) is 0 Å². The number of anilines is 2. The van der Waals surface area contributed by atoms with Crippen molar-refractivity contribution < 1.29 is 0 Å². The van der Waals surface area contributed by atoms with Crippen LogP contribution in [0.4, 0.5) is 11.5 Å². The molecule has 0 unspecified atom stereocenters. The summed E-state index contributed by atoms with van der Waals surface area (Å²) in [6.07, 6.45) is 5.90. The summed E-state index contributed by atoms with van der Waals surface area (Å²) < 4.78 is 0. The monoisotopic (exact) mass is 342 g/mol. The zero-order chi connectivity index (χ0) is 17.8. The maximum atomic E-state index is 5.90. The number of benzene rings is 2. The van der Waals surface area contributed by atoms with Gasteiger partial charge in [-0.05, 0) is 36.2 Å². The molecule has 3 N–H and O–H groups in total. The van der Waals surface area contributed by atoms with Gasteiger partial charge >= 0.3 is 0 Å². The summed E-state index contributed by atoms with van der Waals surface area (Å²) in [4.78, 5) is 17.4. The lowest BCUT2D eigenvalue weighted by atomic mass is 10.0. The standard InChI is InChI=1S/C20H18N6/c21-15-6-7-18-17(12-15)20(26-13-25-18)24-11-8-14-4-1-2-5-16(14)19-22-9-3-10-23-19/h1-7,9-10,12-13H,8,11,21H2,(H,24,25,26). The van der Waals surface area contributed by atoms with E-state index in [1.165, 1.54) is 5.56 Å². The SMILES string of the molecule is Nc1ccc2ncnc(NCCc3ccccc3-c3ncccn3)c2c1. The highest BCUT2D eigenvalue weighted by atomic mass is 15.0. The number of nitrogens with zero attached hydrogens (tertiary/aromatic N) is 4. The van der Waals surface area contributed by atoms with Crippen LogP contribution in [0.2, 0.25) is 0 Å². The predicted octanol–water partition coefficient (Wildman–Crippen LogP) is 3.32. The lowest BCUT2D eigenvalue weighted by Crippen LogP contribution is -2.08. The first-order valence-corrected chi connectivity index (χ1v) is 8.41. The zero-order valence-electron chi connectivity index (χ0n) is 14.1. The lowest BCUT2D eigenvalue weighted by Gasteiger charge is -2.11. The normalized spacial score (nSPS) is 10.8. The highest BCUT2D eigenvalue weighted by Crippen LogP contribution is 2.23. The van der Waals surface area contributed by atoms with Crippen LogP contribution in [-0.4, -0.2) is 26.5 Å². The molecule has 0 saturated carbocycles. The summed E-state index contributed by atoms with van der Waals surface area (Å²) in [5.41, 5.74) is 9.70. The molecule has 6 heteroatoms. The molecule has 0 aliphatic rings. The van der Waals surface area contributed by atoms with Gasteiger partial charge in [-0.2, -0.15) is 0 Å². The van der Waals surface area contributed by atoms with Crippen molar-refractivity contribution in [3.63, 3.8) is 0 Å². The fraction of sp³-hybridized carbons (Fsp3) is 0.100. The maximum Gasteiger partial charge on any atom is 0.159 e. The van der Waals surface area contributed by atoms with Crippen LogP contribution in [0.3, 0.4) is 0 Å². The third-order valence-corrected chi connectivity index (χ3v) is 4.17. The zero-order valence-corrected chi connectivity index (χ0v) is 14.1. The lowest BCUT2D eigenvalue weighted by molar-refractivity contribution is 1.00. The first kappa shape index (κ1) is 16.0. The molecule has 2 aromatic carbocycles. The molecule has 0 radical (unpaired) electrons. The van der Waals surface area contributed by atoms with Gasteiger partial charge in [-0.25, -0.2) is 19.9 Å². The van der Waals surface area contributed by atoms with E-state index < -0.39 is 0 Å². The molecule has 6 nitrogen and oxygen atoms in total. The van der Waals surface area contributed by atoms with Crippen LogP contribution in [0, 0.1) is 0 Å². The number of aromatic nitrogens is 4. The minimum absolute atomic E-state index is 0.696. The molecular formula is C20H18N6. The smallest absolute Gasteiger partial charge is 0.159 e. The number of nitrogen functional groups attached to an aromatic ring is 1. The van der Waals surface area contributed by atoms with Crippen LogP contribution in [-0.2, 0) is 6.42 Å². The predicted molar refractivity (Wildman–Crippen MR) is 104 cm³/mol. The highest BCUT2D eigenvalue weighted by molar-refractivity contribution is 5.91. The molecule has 128 valence electrons. The van der Waals surface area contributed by atoms with E-state index in [4.69, 9.17) is 5.73 Å². The van der Waals surface area contributed by atoms with E-state index in [1.807, 2.05) is 42.5 Å². The number of nitrogens with two attached hydrogens (primary N) is 1. The van der Waals surface area contributed by atoms with Crippen LogP contribution in [0.5, 0.6) is 0 Å². The Morgan fingerprint density at radius 3 is 2.62 bits per heavy atom. The molecule has 0 spiro atoms. The third kappa shape index (κ3) is 3.30. The van der Waals surface area contributed by atoms with Crippen LogP contribution < -0.4 is 11.1 Å². The summed E-state index contributed by atoms with van der Waals surface area (Å²) in [6.45, 7) is 0.727. The van der Waals surface area contributed by atoms with Gasteiger partial charge < -0.3 is 11.1 Å². The van der Waals surface area contributed by atoms with E-state index in [-0.39, 0.29) is 0 Å². The molecule has 2 heterocycles. The molecule has 0 aliphatic carbocycles. The van der Waals surface area contributed by atoms with Gasteiger partial charge in [-0.1, -0.05) is 24.3 Å². The molecule has 4 aromatic rings. The van der Waals surface area contributed by atoms with E-state index in [1.54, 1.807) is 18.7 Å². The summed E-state index contributed by atoms with van der Waals surface area (Å²) >= 11 is 0. The summed E-state index contributed by atoms with van der Waals surface area (Å²) in [7, 11) is 0. The van der Waals surface area contributed by atoms with Crippen molar-refractivity contribution in [2.24, 2.45) is 0 Å². The molecule has 0 bridgehead atoms. The molecule has 0 aliphatic heterocycles. The molecule has 0 amide bonds. The first-order chi connectivity index (χ1) is 12.8. The number of hydrogen-bond acceptors (Lipinski definition) is 6. The van der Waals surface area contributed by atoms with Crippen LogP contribution in [0.1, 0.15) is 5.56 Å². The molecule has 0 atom stereocenters. The van der Waals surface area contributed by atoms with Gasteiger partial charge in [0.25, 0.3) is 0 Å². The molecule has 4 rings (SSSR count). The van der Waals surface area contributed by atoms with Crippen molar-refractivity contribution >= 4 is 22.4 Å². The molecule has 2 aromatic heterocycles. The van der Waals surface area contributed by atoms with E-state index >= 15 is 0 Å². The van der Waals surface area contributed by atoms with Crippen LogP contribution >= 0.6 is 0 Å². The molecule has 0 saturated heterocycles. The van der Waals surface area contributed by atoms with Crippen LogP contribution in [0.15, 0.2) is 67.3 Å². The van der Waals surface area contributed by atoms with Gasteiger partial charge in [0.05, 0.1) is 5.52 Å². The van der Waals surface area contributed by atoms with Crippen molar-refractivity contribution in [2.45, 2.75) is 6.42 Å². The summed E-state index contributed by atoms with van der Waals surface area (Å²) in [5.74, 6) is 1.53. The second-order valence-corrected chi connectivity index (χ2v) is 5.91. The van der Waals surface area contributed by atoms with E-state index in [0.717, 1.165) is 41.1 Å². The fourth-order valence-electron chi connectivity index (χ4n) is 2.93. The average molecular weight is 342 g/mol. The minimum Gasteiger partial charge on any atom is -0.399 e. The van der Waals surface area contributed by atoms with Gasteiger partial charge in [0.1, 0.15) is 12.1 Å². The summed E-state index contributed by atoms with van der Waals surface area (Å²) in [5, 5.41) is 4.32. The van der Waals surface area contributed by atoms with Gasteiger partial charge in [0.15, 0.2) is 5.82 Å². The van der Waals surface area contributed by atoms with Crippen molar-refractivity contribution in [1.82, 2.24) is 19.9 Å². The first-order valence-electron chi connectivity index (χ1n) is 8.41. The average Bonchev–Trinajstić information content (AvgIpc) is 2.69. The Labute approximate surface area is 151 Å². The number of fused-ring (bicyclic) bond motifs is 1. The fourth-order valence-corrected chi connectivity index (χ4v) is 2.93. The maximum absolute atomic E-state index is 5.90. The largest absolute Gasteiger partial charge is 0.399 e. The van der Waals surface area contributed by atoms with Gasteiger partial charge in [-0.15, -0.1) is 0 Å². The Hall–Kier alpha value is -3.54. The third-order valence-electron chi connectivity index (χ3n) is 4.17. The quantitative estimate of drug-likeness (QED) is 0.541. The van der Waals surface area contributed by atoms with Crippen molar-refractivity contribution in [2.75, 3.05) is 17.6 Å². The van der Waals surface area contributed by atoms with E-state index in [9.17, 15) is 0 Å². The van der Waals surface area contributed by atoms with E-state index in [2.05, 4.69) is 31.3 Å². The molecule has 26 heavy (non-hydrogen) atoms. The Morgan fingerprint density at radius 1 is 0.885 bits per heavy atom. The van der Waals surface area contributed by atoms with Crippen molar-refractivity contribution in [1.29, 1.82) is 0 Å². The molecule has 0 fully saturated rings. The number of nitrogens with one attached hydrogen (secondary N) is 1. The minimum atomic E-state index is 0.696. The Balaban J connectivity index is 1.54. The number of rotatable bonds is 5. The van der Waals surface area contributed by atoms with Crippen LogP contribution in [0.25, 0.3) is 22.3 Å². The summed E-state index contributed by atoms with van der Waals surface area (Å²) in [6, 6.07) is 15.6. The van der Waals surface area contributed by atoms with E-state index in [0.29, 0.717) is 5.69 Å². The van der Waals surface area contributed by atoms with Gasteiger partial charge in [0, 0.05) is 35.6 Å². The Morgan fingerprint density at radius 2 is 1.73 bits per heavy atom. The second kappa shape index (κ2) is 7.14. The molecular weight excluding hydrogens is 324 g/mol. The van der Waals surface area contributed by atoms with Crippen molar-refractivity contribution in [3.05, 3.63) is 72.8 Å². The van der Waals surface area contributed by atoms with Gasteiger partial charge in [0.2, 0.25) is 0 Å². The second-order valence-electron chi connectivity index (χ2n) is 5.91. The van der Waals surface area contributed by atoms with Crippen molar-refractivity contribution in [3.8, 4) is 11.4 Å². The topological polar surface area (TPSA) is 89.6 Å². The Bertz CT molecular complexity index is 1030. The number of hydrogen-bond donors (Lipinski definition) is 2. The Kier molecular flexibility index (Phi) is 4.38.